The molecule has 1 aliphatic rings. The van der Waals surface area contributed by atoms with Crippen LogP contribution in [0.4, 0.5) is 10.5 Å². The van der Waals surface area contributed by atoms with Gasteiger partial charge in [-0.2, -0.15) is 9.97 Å². The minimum absolute atomic E-state index is 0.0586. The van der Waals surface area contributed by atoms with Gasteiger partial charge in [0, 0.05) is 33.1 Å². The number of likely N-dealkylation sites (N-methyl/N-ethyl adjacent to an activating group) is 1. The van der Waals surface area contributed by atoms with Crippen LogP contribution in [0.2, 0.25) is 0 Å². The van der Waals surface area contributed by atoms with Gasteiger partial charge in [-0.3, -0.25) is 14.9 Å². The highest BCUT2D eigenvalue weighted by Crippen LogP contribution is 2.21. The highest BCUT2D eigenvalue weighted by atomic mass is 16.6. The number of carbonyl (C=O) groups excluding carboxylic acids is 3. The molecule has 1 aromatic heterocycles. The van der Waals surface area contributed by atoms with Crippen molar-refractivity contribution in [1.82, 2.24) is 19.8 Å². The summed E-state index contributed by atoms with van der Waals surface area (Å²) in [7, 11) is 1.74. The summed E-state index contributed by atoms with van der Waals surface area (Å²) in [6.45, 7) is 11.4. The number of aryl methyl sites for hydroxylation is 2. The molecule has 3 amide bonds. The third-order valence-electron chi connectivity index (χ3n) is 5.05. The maximum absolute atomic E-state index is 12.5. The summed E-state index contributed by atoms with van der Waals surface area (Å²) in [6, 6.07) is 0.134. The highest BCUT2D eigenvalue weighted by Gasteiger charge is 2.27. The molecule has 0 atom stereocenters. The van der Waals surface area contributed by atoms with Crippen molar-refractivity contribution in [1.29, 1.82) is 0 Å². The van der Waals surface area contributed by atoms with Crippen LogP contribution in [0.1, 0.15) is 51.9 Å². The number of piperidine rings is 1. The molecule has 1 N–H and O–H groups in total. The van der Waals surface area contributed by atoms with E-state index in [0.717, 1.165) is 12.8 Å². The number of likely N-dealkylation sites (tertiary alicyclic amines) is 1. The standard InChI is InChI=1S/C21H33N5O5/c1-13-18(24-20(29)31-21(4,5)6)14(2)23-19(22-13)30-12-17(28)25(7)16-8-10-26(11-9-16)15(3)27/h16H,8-12H2,1-7H3,(H,24,29). The molecule has 10 nitrogen and oxygen atoms in total. The summed E-state index contributed by atoms with van der Waals surface area (Å²) in [4.78, 5) is 47.9. The first-order valence-corrected chi connectivity index (χ1v) is 10.4. The average Bonchev–Trinajstić information content (AvgIpc) is 2.67. The highest BCUT2D eigenvalue weighted by molar-refractivity contribution is 5.86. The molecule has 10 heteroatoms. The van der Waals surface area contributed by atoms with Crippen LogP contribution in [-0.2, 0) is 14.3 Å². The van der Waals surface area contributed by atoms with Crippen LogP contribution in [0.15, 0.2) is 0 Å². The molecule has 0 aliphatic carbocycles. The molecule has 172 valence electrons. The van der Waals surface area contributed by atoms with Gasteiger partial charge >= 0.3 is 12.1 Å². The fourth-order valence-electron chi connectivity index (χ4n) is 3.34. The Balaban J connectivity index is 1.92. The minimum atomic E-state index is -0.620. The van der Waals surface area contributed by atoms with Gasteiger partial charge in [0.2, 0.25) is 5.91 Å². The smallest absolute Gasteiger partial charge is 0.412 e. The second-order valence-corrected chi connectivity index (χ2v) is 8.71. The molecule has 0 saturated carbocycles. The quantitative estimate of drug-likeness (QED) is 0.755. The first-order chi connectivity index (χ1) is 14.4. The Hall–Kier alpha value is -2.91. The molecule has 1 saturated heterocycles. The van der Waals surface area contributed by atoms with Crippen molar-refractivity contribution in [3.63, 3.8) is 0 Å². The number of hydrogen-bond donors (Lipinski definition) is 1. The summed E-state index contributed by atoms with van der Waals surface area (Å²) in [6.07, 6.45) is 0.881. The van der Waals surface area contributed by atoms with Crippen molar-refractivity contribution in [2.24, 2.45) is 0 Å². The zero-order valence-electron chi connectivity index (χ0n) is 19.4. The van der Waals surface area contributed by atoms with Crippen molar-refractivity contribution < 1.29 is 23.9 Å². The molecule has 1 fully saturated rings. The second-order valence-electron chi connectivity index (χ2n) is 8.71. The number of anilines is 1. The first-order valence-electron chi connectivity index (χ1n) is 10.4. The number of nitrogens with one attached hydrogen (secondary N) is 1. The third-order valence-corrected chi connectivity index (χ3v) is 5.05. The lowest BCUT2D eigenvalue weighted by atomic mass is 10.0. The van der Waals surface area contributed by atoms with Gasteiger partial charge in [-0.05, 0) is 47.5 Å². The van der Waals surface area contributed by atoms with Crippen LogP contribution in [-0.4, -0.2) is 76.1 Å². The molecule has 0 bridgehead atoms. The van der Waals surface area contributed by atoms with Gasteiger partial charge < -0.3 is 19.3 Å². The Labute approximate surface area is 183 Å². The zero-order valence-corrected chi connectivity index (χ0v) is 19.4. The first kappa shape index (κ1) is 24.4. The predicted molar refractivity (Wildman–Crippen MR) is 115 cm³/mol. The molecule has 0 radical (unpaired) electrons. The minimum Gasteiger partial charge on any atom is -0.453 e. The second kappa shape index (κ2) is 9.93. The van der Waals surface area contributed by atoms with Gasteiger partial charge in [0.1, 0.15) is 5.60 Å². The molecule has 2 heterocycles. The van der Waals surface area contributed by atoms with Crippen molar-refractivity contribution in [3.05, 3.63) is 11.4 Å². The van der Waals surface area contributed by atoms with E-state index in [9.17, 15) is 14.4 Å². The van der Waals surface area contributed by atoms with Gasteiger partial charge in [0.25, 0.3) is 5.91 Å². The normalized spacial score (nSPS) is 14.7. The molecule has 1 aliphatic heterocycles. The molecule has 1 aromatic rings. The number of carbonyl (C=O) groups is 3. The summed E-state index contributed by atoms with van der Waals surface area (Å²) in [5.74, 6) is -0.126. The largest absolute Gasteiger partial charge is 0.453 e. The number of aromatic nitrogens is 2. The third kappa shape index (κ3) is 7.08. The lowest BCUT2D eigenvalue weighted by molar-refractivity contribution is -0.136. The Morgan fingerprint density at radius 2 is 1.68 bits per heavy atom. The number of nitrogens with zero attached hydrogens (tertiary/aromatic N) is 4. The maximum atomic E-state index is 12.5. The predicted octanol–water partition coefficient (Wildman–Crippen LogP) is 2.29. The number of amides is 3. The van der Waals surface area contributed by atoms with E-state index in [1.807, 2.05) is 0 Å². The van der Waals surface area contributed by atoms with E-state index in [2.05, 4.69) is 15.3 Å². The van der Waals surface area contributed by atoms with E-state index in [-0.39, 0.29) is 30.5 Å². The Morgan fingerprint density at radius 3 is 2.16 bits per heavy atom. The molecular weight excluding hydrogens is 402 g/mol. The van der Waals surface area contributed by atoms with Gasteiger partial charge in [-0.15, -0.1) is 0 Å². The molecule has 0 aromatic carbocycles. The van der Waals surface area contributed by atoms with Gasteiger partial charge in [-0.1, -0.05) is 0 Å². The molecular formula is C21H33N5O5. The Morgan fingerprint density at radius 1 is 1.13 bits per heavy atom. The SMILES string of the molecule is CC(=O)N1CCC(N(C)C(=O)COc2nc(C)c(NC(=O)OC(C)(C)C)c(C)n2)CC1. The lowest BCUT2D eigenvalue weighted by Crippen LogP contribution is -2.47. The van der Waals surface area contributed by atoms with E-state index in [1.165, 1.54) is 0 Å². The summed E-state index contributed by atoms with van der Waals surface area (Å²) in [5.41, 5.74) is 0.837. The van der Waals surface area contributed by atoms with Gasteiger partial charge in [0.15, 0.2) is 6.61 Å². The fourth-order valence-corrected chi connectivity index (χ4v) is 3.34. The van der Waals surface area contributed by atoms with Crippen molar-refractivity contribution in [2.75, 3.05) is 32.1 Å². The molecule has 0 spiro atoms. The van der Waals surface area contributed by atoms with Gasteiger partial charge in [-0.25, -0.2) is 4.79 Å². The monoisotopic (exact) mass is 435 g/mol. The van der Waals surface area contributed by atoms with Crippen molar-refractivity contribution in [3.8, 4) is 6.01 Å². The zero-order chi connectivity index (χ0) is 23.3. The van der Waals surface area contributed by atoms with E-state index in [1.54, 1.807) is 58.4 Å². The Kier molecular flexibility index (Phi) is 7.80. The molecule has 0 unspecified atom stereocenters. The number of ether oxygens (including phenoxy) is 2. The number of hydrogen-bond acceptors (Lipinski definition) is 7. The van der Waals surface area contributed by atoms with Crippen LogP contribution in [0, 0.1) is 13.8 Å². The molecule has 31 heavy (non-hydrogen) atoms. The van der Waals surface area contributed by atoms with Crippen molar-refractivity contribution in [2.45, 2.75) is 66.0 Å². The van der Waals surface area contributed by atoms with E-state index in [4.69, 9.17) is 9.47 Å². The fraction of sp³-hybridized carbons (Fsp3) is 0.667. The van der Waals surface area contributed by atoms with Crippen LogP contribution in [0.3, 0.4) is 0 Å². The van der Waals surface area contributed by atoms with Crippen LogP contribution in [0.5, 0.6) is 6.01 Å². The molecule has 2 rings (SSSR count). The Bertz CT molecular complexity index is 805. The van der Waals surface area contributed by atoms with Gasteiger partial charge in [0.05, 0.1) is 17.1 Å². The average molecular weight is 436 g/mol. The lowest BCUT2D eigenvalue weighted by Gasteiger charge is -2.36. The van der Waals surface area contributed by atoms with Crippen LogP contribution in [0.25, 0.3) is 0 Å². The number of rotatable bonds is 5. The van der Waals surface area contributed by atoms with E-state index < -0.39 is 11.7 Å². The van der Waals surface area contributed by atoms with Crippen molar-refractivity contribution >= 4 is 23.6 Å². The maximum Gasteiger partial charge on any atom is 0.412 e. The summed E-state index contributed by atoms with van der Waals surface area (Å²) >= 11 is 0. The van der Waals surface area contributed by atoms with Crippen LogP contribution < -0.4 is 10.1 Å². The van der Waals surface area contributed by atoms with E-state index in [0.29, 0.717) is 30.2 Å². The van der Waals surface area contributed by atoms with E-state index >= 15 is 0 Å². The summed E-state index contributed by atoms with van der Waals surface area (Å²) in [5, 5.41) is 2.65. The summed E-state index contributed by atoms with van der Waals surface area (Å²) < 4.78 is 10.8. The topological polar surface area (TPSA) is 114 Å². The van der Waals surface area contributed by atoms with Crippen LogP contribution >= 0.6 is 0 Å².